The molecule has 1 aromatic rings. The van der Waals surface area contributed by atoms with E-state index in [9.17, 15) is 13.6 Å². The maximum absolute atomic E-state index is 13.2. The van der Waals surface area contributed by atoms with Gasteiger partial charge in [0.05, 0.1) is 5.41 Å². The van der Waals surface area contributed by atoms with Crippen LogP contribution < -0.4 is 0 Å². The first-order chi connectivity index (χ1) is 7.69. The van der Waals surface area contributed by atoms with Gasteiger partial charge in [-0.15, -0.1) is 0 Å². The summed E-state index contributed by atoms with van der Waals surface area (Å²) in [4.78, 5) is 10.5. The van der Waals surface area contributed by atoms with Crippen LogP contribution in [0.25, 0.3) is 0 Å². The highest BCUT2D eigenvalue weighted by Crippen LogP contribution is 2.45. The zero-order chi connectivity index (χ0) is 11.6. The molecule has 0 unspecified atom stereocenters. The van der Waals surface area contributed by atoms with Crippen LogP contribution in [0.3, 0.4) is 0 Å². The monoisotopic (exact) mass is 224 g/mol. The van der Waals surface area contributed by atoms with E-state index in [4.69, 9.17) is 0 Å². The molecule has 1 aromatic carbocycles. The van der Waals surface area contributed by atoms with Gasteiger partial charge in [0.15, 0.2) is 0 Å². The van der Waals surface area contributed by atoms with E-state index < -0.39 is 11.8 Å². The number of halogens is 2. The van der Waals surface area contributed by atoms with Crippen molar-refractivity contribution in [1.29, 1.82) is 0 Å². The Kier molecular flexibility index (Phi) is 3.03. The normalized spacial score (nSPS) is 18.9. The maximum Gasteiger partial charge on any atom is 0.248 e. The van der Waals surface area contributed by atoms with Gasteiger partial charge in [-0.05, 0) is 18.4 Å². The van der Waals surface area contributed by atoms with Crippen molar-refractivity contribution in [3.05, 3.63) is 35.4 Å². The number of aldehydes is 1. The van der Waals surface area contributed by atoms with E-state index in [1.807, 2.05) is 0 Å². The van der Waals surface area contributed by atoms with Gasteiger partial charge in [0.25, 0.3) is 0 Å². The molecule has 1 aliphatic rings. The van der Waals surface area contributed by atoms with Gasteiger partial charge in [0, 0.05) is 5.56 Å². The number of hydrogen-bond donors (Lipinski definition) is 0. The molecule has 0 spiro atoms. The molecule has 0 radical (unpaired) electrons. The van der Waals surface area contributed by atoms with Crippen LogP contribution in [0, 0.1) is 0 Å². The first-order valence-electron chi connectivity index (χ1n) is 5.53. The van der Waals surface area contributed by atoms with Crippen LogP contribution in [0.2, 0.25) is 0 Å². The second-order valence-corrected chi connectivity index (χ2v) is 4.40. The van der Waals surface area contributed by atoms with Gasteiger partial charge in [0.2, 0.25) is 6.43 Å². The number of rotatable bonds is 3. The first-order valence-corrected chi connectivity index (χ1v) is 5.53. The van der Waals surface area contributed by atoms with Crippen molar-refractivity contribution in [2.75, 3.05) is 0 Å². The van der Waals surface area contributed by atoms with Crippen LogP contribution >= 0.6 is 0 Å². The van der Waals surface area contributed by atoms with Gasteiger partial charge >= 0.3 is 0 Å². The van der Waals surface area contributed by atoms with E-state index >= 15 is 0 Å². The molecule has 1 saturated carbocycles. The predicted octanol–water partition coefficient (Wildman–Crippen LogP) is 3.58. The van der Waals surface area contributed by atoms with Crippen molar-refractivity contribution < 1.29 is 13.6 Å². The summed E-state index contributed by atoms with van der Waals surface area (Å²) in [7, 11) is 0. The molecule has 0 saturated heterocycles. The Bertz CT molecular complexity index is 364. The van der Waals surface area contributed by atoms with Gasteiger partial charge < -0.3 is 0 Å². The number of carbonyl (C=O) groups is 1. The van der Waals surface area contributed by atoms with Gasteiger partial charge in [-0.3, -0.25) is 4.79 Å². The molecule has 0 bridgehead atoms. The van der Waals surface area contributed by atoms with E-state index in [0.29, 0.717) is 24.0 Å². The Morgan fingerprint density at radius 1 is 1.12 bits per heavy atom. The third kappa shape index (κ3) is 1.75. The quantitative estimate of drug-likeness (QED) is 0.717. The van der Waals surface area contributed by atoms with Gasteiger partial charge in [-0.2, -0.15) is 0 Å². The number of benzene rings is 1. The van der Waals surface area contributed by atoms with Gasteiger partial charge in [-0.1, -0.05) is 37.1 Å². The fourth-order valence-corrected chi connectivity index (χ4v) is 2.53. The topological polar surface area (TPSA) is 17.1 Å². The third-order valence-corrected chi connectivity index (χ3v) is 3.54. The van der Waals surface area contributed by atoms with Gasteiger partial charge in [-0.25, -0.2) is 8.78 Å². The molecule has 2 rings (SSSR count). The second kappa shape index (κ2) is 4.32. The van der Waals surface area contributed by atoms with E-state index in [-0.39, 0.29) is 0 Å². The first kappa shape index (κ1) is 11.2. The summed E-state index contributed by atoms with van der Waals surface area (Å²) >= 11 is 0. The lowest BCUT2D eigenvalue weighted by Crippen LogP contribution is -2.31. The van der Waals surface area contributed by atoms with Crippen molar-refractivity contribution in [3.63, 3.8) is 0 Å². The third-order valence-electron chi connectivity index (χ3n) is 3.54. The lowest BCUT2D eigenvalue weighted by molar-refractivity contribution is 0.0522. The molecule has 1 nitrogen and oxygen atoms in total. The standard InChI is InChI=1S/C13H14F2O/c14-12(15)13(7-1-2-8-13)11-5-3-10(9-16)4-6-11/h3-6,9,12H,1-2,7-8H2. The maximum atomic E-state index is 13.2. The molecule has 3 heteroatoms. The smallest absolute Gasteiger partial charge is 0.248 e. The number of hydrogen-bond acceptors (Lipinski definition) is 1. The second-order valence-electron chi connectivity index (χ2n) is 4.40. The highest BCUT2D eigenvalue weighted by Gasteiger charge is 2.43. The van der Waals surface area contributed by atoms with Crippen LogP contribution in [-0.4, -0.2) is 12.7 Å². The highest BCUT2D eigenvalue weighted by molar-refractivity contribution is 5.74. The van der Waals surface area contributed by atoms with Crippen molar-refractivity contribution in [2.45, 2.75) is 37.5 Å². The average Bonchev–Trinajstić information content (AvgIpc) is 2.79. The molecule has 0 amide bonds. The lowest BCUT2D eigenvalue weighted by Gasteiger charge is -2.28. The Labute approximate surface area is 93.5 Å². The van der Waals surface area contributed by atoms with Gasteiger partial charge in [0.1, 0.15) is 6.29 Å². The molecular weight excluding hydrogens is 210 g/mol. The molecule has 1 aliphatic carbocycles. The number of alkyl halides is 2. The Balaban J connectivity index is 2.35. The zero-order valence-corrected chi connectivity index (χ0v) is 8.96. The summed E-state index contributed by atoms with van der Waals surface area (Å²) in [6.07, 6.45) is 1.22. The fourth-order valence-electron chi connectivity index (χ4n) is 2.53. The van der Waals surface area contributed by atoms with E-state index in [1.165, 1.54) is 0 Å². The average molecular weight is 224 g/mol. The predicted molar refractivity (Wildman–Crippen MR) is 58.0 cm³/mol. The highest BCUT2D eigenvalue weighted by atomic mass is 19.3. The molecule has 0 N–H and O–H groups in total. The molecule has 16 heavy (non-hydrogen) atoms. The Hall–Kier alpha value is -1.25. The molecule has 0 heterocycles. The zero-order valence-electron chi connectivity index (χ0n) is 8.96. The minimum absolute atomic E-state index is 0.533. The van der Waals surface area contributed by atoms with Crippen molar-refractivity contribution in [2.24, 2.45) is 0 Å². The van der Waals surface area contributed by atoms with Crippen LogP contribution in [0.4, 0.5) is 8.78 Å². The van der Waals surface area contributed by atoms with E-state index in [0.717, 1.165) is 19.1 Å². The minimum atomic E-state index is -2.32. The fraction of sp³-hybridized carbons (Fsp3) is 0.462. The Morgan fingerprint density at radius 2 is 1.69 bits per heavy atom. The van der Waals surface area contributed by atoms with E-state index in [1.54, 1.807) is 24.3 Å². The summed E-state index contributed by atoms with van der Waals surface area (Å²) in [6, 6.07) is 6.57. The summed E-state index contributed by atoms with van der Waals surface area (Å²) < 4.78 is 26.4. The molecule has 0 aliphatic heterocycles. The van der Waals surface area contributed by atoms with Crippen LogP contribution in [0.5, 0.6) is 0 Å². The summed E-state index contributed by atoms with van der Waals surface area (Å²) in [5.41, 5.74) is 0.235. The molecule has 1 fully saturated rings. The van der Waals surface area contributed by atoms with E-state index in [2.05, 4.69) is 0 Å². The SMILES string of the molecule is O=Cc1ccc(C2(C(F)F)CCCC2)cc1. The molecule has 0 aromatic heterocycles. The van der Waals surface area contributed by atoms with Crippen LogP contribution in [0.1, 0.15) is 41.6 Å². The largest absolute Gasteiger partial charge is 0.298 e. The lowest BCUT2D eigenvalue weighted by atomic mass is 9.79. The Morgan fingerprint density at radius 3 is 2.12 bits per heavy atom. The van der Waals surface area contributed by atoms with Crippen molar-refractivity contribution in [3.8, 4) is 0 Å². The molecular formula is C13H14F2O. The molecule has 86 valence electrons. The van der Waals surface area contributed by atoms with Crippen LogP contribution in [0.15, 0.2) is 24.3 Å². The van der Waals surface area contributed by atoms with Crippen LogP contribution in [-0.2, 0) is 5.41 Å². The summed E-state index contributed by atoms with van der Waals surface area (Å²) in [5, 5.41) is 0. The van der Waals surface area contributed by atoms with Crippen molar-refractivity contribution in [1.82, 2.24) is 0 Å². The van der Waals surface area contributed by atoms with Crippen molar-refractivity contribution >= 4 is 6.29 Å². The summed E-state index contributed by atoms with van der Waals surface area (Å²) in [6.45, 7) is 0. The summed E-state index contributed by atoms with van der Waals surface area (Å²) in [5.74, 6) is 0. The minimum Gasteiger partial charge on any atom is -0.298 e. The molecule has 0 atom stereocenters. The number of carbonyl (C=O) groups excluding carboxylic acids is 1.